The van der Waals surface area contributed by atoms with E-state index in [0.29, 0.717) is 24.2 Å². The molecule has 0 aliphatic heterocycles. The van der Waals surface area contributed by atoms with Crippen molar-refractivity contribution in [3.63, 3.8) is 0 Å². The Morgan fingerprint density at radius 3 is 2.58 bits per heavy atom. The van der Waals surface area contributed by atoms with Gasteiger partial charge in [-0.3, -0.25) is 14.6 Å². The molecule has 0 aliphatic rings. The van der Waals surface area contributed by atoms with E-state index in [2.05, 4.69) is 33.5 Å². The summed E-state index contributed by atoms with van der Waals surface area (Å²) in [6, 6.07) is 20.0. The van der Waals surface area contributed by atoms with Crippen molar-refractivity contribution in [2.75, 3.05) is 13.7 Å². The van der Waals surface area contributed by atoms with Gasteiger partial charge in [-0.2, -0.15) is 0 Å². The van der Waals surface area contributed by atoms with Crippen LogP contribution in [0, 0.1) is 6.92 Å². The molecule has 2 N–H and O–H groups in total. The molecule has 0 unspecified atom stereocenters. The fourth-order valence-corrected chi connectivity index (χ4v) is 4.92. The van der Waals surface area contributed by atoms with Crippen molar-refractivity contribution >= 4 is 22.5 Å². The van der Waals surface area contributed by atoms with Crippen molar-refractivity contribution in [3.05, 3.63) is 83.8 Å². The highest BCUT2D eigenvalue weighted by Gasteiger charge is 2.20. The predicted molar refractivity (Wildman–Crippen MR) is 153 cm³/mol. The number of methoxy groups -OCH3 is 1. The first-order chi connectivity index (χ1) is 18.5. The molecule has 2 heterocycles. The van der Waals surface area contributed by atoms with E-state index in [1.165, 1.54) is 0 Å². The molecular formula is C32H37N3O3. The number of aromatic nitrogens is 2. The first-order valence-electron chi connectivity index (χ1n) is 13.5. The number of nitrogens with one attached hydrogen (secondary N) is 2. The third kappa shape index (κ3) is 6.75. The number of carbonyl (C=O) groups excluding carboxylic acids is 2. The zero-order valence-electron chi connectivity index (χ0n) is 22.5. The van der Waals surface area contributed by atoms with Crippen LogP contribution >= 0.6 is 0 Å². The number of hydrogen-bond donors (Lipinski definition) is 2. The fraction of sp³-hybridized carbons (Fsp3) is 0.344. The number of Topliss-reactive ketones (excluding diaryl/α,β-unsaturated/α-hetero) is 2. The van der Waals surface area contributed by atoms with Gasteiger partial charge in [0.25, 0.3) is 0 Å². The van der Waals surface area contributed by atoms with E-state index in [0.717, 1.165) is 64.9 Å². The van der Waals surface area contributed by atoms with Crippen molar-refractivity contribution in [2.24, 2.45) is 0 Å². The Balaban J connectivity index is 1.51. The first-order valence-corrected chi connectivity index (χ1v) is 13.5. The largest absolute Gasteiger partial charge is 0.497 e. The molecule has 0 saturated heterocycles. The topological polar surface area (TPSA) is 84.1 Å². The van der Waals surface area contributed by atoms with Crippen molar-refractivity contribution in [1.82, 2.24) is 15.3 Å². The minimum atomic E-state index is -0.0791. The molecule has 0 fully saturated rings. The Morgan fingerprint density at radius 1 is 1.00 bits per heavy atom. The second-order valence-electron chi connectivity index (χ2n) is 9.72. The van der Waals surface area contributed by atoms with Crippen LogP contribution in [0.1, 0.15) is 73.2 Å². The number of rotatable bonds is 14. The molecule has 4 rings (SSSR count). The van der Waals surface area contributed by atoms with Gasteiger partial charge in [-0.05, 0) is 61.2 Å². The Bertz CT molecular complexity index is 1380. The molecule has 0 amide bonds. The molecule has 2 aromatic heterocycles. The average molecular weight is 512 g/mol. The van der Waals surface area contributed by atoms with Crippen molar-refractivity contribution in [3.8, 4) is 16.9 Å². The highest BCUT2D eigenvalue weighted by molar-refractivity contribution is 6.10. The number of pyridine rings is 1. The number of carbonyl (C=O) groups is 2. The lowest BCUT2D eigenvalue weighted by atomic mass is 9.99. The molecule has 1 atom stereocenters. The van der Waals surface area contributed by atoms with Crippen LogP contribution in [-0.2, 0) is 4.79 Å². The van der Waals surface area contributed by atoms with Crippen LogP contribution in [0.25, 0.3) is 22.0 Å². The Morgan fingerprint density at radius 2 is 1.82 bits per heavy atom. The van der Waals surface area contributed by atoms with Gasteiger partial charge in [0, 0.05) is 47.2 Å². The maximum atomic E-state index is 13.5. The molecular weight excluding hydrogens is 474 g/mol. The number of nitrogens with zero attached hydrogens (tertiary/aromatic N) is 1. The number of ketones is 2. The highest BCUT2D eigenvalue weighted by atomic mass is 16.5. The molecule has 6 nitrogen and oxygen atoms in total. The molecule has 2 aromatic carbocycles. The van der Waals surface area contributed by atoms with Gasteiger partial charge in [0.1, 0.15) is 11.5 Å². The van der Waals surface area contributed by atoms with Crippen LogP contribution < -0.4 is 10.1 Å². The van der Waals surface area contributed by atoms with E-state index in [1.807, 2.05) is 62.5 Å². The number of ether oxygens (including phenoxy) is 1. The van der Waals surface area contributed by atoms with E-state index in [9.17, 15) is 9.59 Å². The molecule has 6 heteroatoms. The summed E-state index contributed by atoms with van der Waals surface area (Å²) in [5, 5.41) is 4.38. The van der Waals surface area contributed by atoms with Gasteiger partial charge in [-0.15, -0.1) is 0 Å². The number of aromatic amines is 1. The monoisotopic (exact) mass is 511 g/mol. The minimum absolute atomic E-state index is 0.0276. The molecule has 4 aromatic rings. The van der Waals surface area contributed by atoms with Crippen LogP contribution in [0.15, 0.2) is 66.9 Å². The molecule has 0 radical (unpaired) electrons. The van der Waals surface area contributed by atoms with Gasteiger partial charge < -0.3 is 15.0 Å². The van der Waals surface area contributed by atoms with Gasteiger partial charge >= 0.3 is 0 Å². The van der Waals surface area contributed by atoms with E-state index < -0.39 is 0 Å². The van der Waals surface area contributed by atoms with Gasteiger partial charge in [0.15, 0.2) is 5.78 Å². The Labute approximate surface area is 224 Å². The molecule has 0 saturated carbocycles. The summed E-state index contributed by atoms with van der Waals surface area (Å²) in [5.41, 5.74) is 5.60. The average Bonchev–Trinajstić information content (AvgIpc) is 3.29. The Hall–Kier alpha value is -3.77. The normalized spacial score (nSPS) is 12.0. The molecule has 198 valence electrons. The Kier molecular flexibility index (Phi) is 9.44. The number of benzene rings is 2. The summed E-state index contributed by atoms with van der Waals surface area (Å²) in [6.45, 7) is 4.04. The molecule has 38 heavy (non-hydrogen) atoms. The summed E-state index contributed by atoms with van der Waals surface area (Å²) < 4.78 is 5.39. The van der Waals surface area contributed by atoms with E-state index in [-0.39, 0.29) is 18.4 Å². The number of fused-ring (bicyclic) bond motifs is 1. The van der Waals surface area contributed by atoms with Gasteiger partial charge in [-0.25, -0.2) is 0 Å². The van der Waals surface area contributed by atoms with Crippen LogP contribution in [0.3, 0.4) is 0 Å². The number of aryl methyl sites for hydroxylation is 1. The van der Waals surface area contributed by atoms with E-state index in [4.69, 9.17) is 4.74 Å². The van der Waals surface area contributed by atoms with Gasteiger partial charge in [-0.1, -0.05) is 50.1 Å². The highest BCUT2D eigenvalue weighted by Crippen LogP contribution is 2.28. The third-order valence-electron chi connectivity index (χ3n) is 7.07. The van der Waals surface area contributed by atoms with Crippen molar-refractivity contribution < 1.29 is 14.3 Å². The minimum Gasteiger partial charge on any atom is -0.497 e. The van der Waals surface area contributed by atoms with Crippen molar-refractivity contribution in [1.29, 1.82) is 0 Å². The maximum absolute atomic E-state index is 13.5. The number of H-pyrrole nitrogens is 1. The van der Waals surface area contributed by atoms with Crippen LogP contribution in [0.2, 0.25) is 0 Å². The number of hydrogen-bond acceptors (Lipinski definition) is 5. The zero-order chi connectivity index (χ0) is 26.9. The summed E-state index contributed by atoms with van der Waals surface area (Å²) >= 11 is 0. The molecule has 0 aliphatic carbocycles. The summed E-state index contributed by atoms with van der Waals surface area (Å²) in [4.78, 5) is 33.2. The molecule has 0 bridgehead atoms. The SMILES string of the molecule is CCC(=O)CCCCC[C@H](NCC(=O)c1c(C)[nH]c2ccc(OC)cc12)c1cc(-c2ccccc2)ccn1. The zero-order valence-corrected chi connectivity index (χ0v) is 22.5. The lowest BCUT2D eigenvalue weighted by Crippen LogP contribution is -2.28. The maximum Gasteiger partial charge on any atom is 0.179 e. The lowest BCUT2D eigenvalue weighted by Gasteiger charge is -2.19. The smallest absolute Gasteiger partial charge is 0.179 e. The molecule has 0 spiro atoms. The van der Waals surface area contributed by atoms with Crippen molar-refractivity contribution in [2.45, 2.75) is 58.4 Å². The van der Waals surface area contributed by atoms with E-state index in [1.54, 1.807) is 7.11 Å². The van der Waals surface area contributed by atoms with Crippen LogP contribution in [-0.4, -0.2) is 35.2 Å². The first kappa shape index (κ1) is 27.3. The van der Waals surface area contributed by atoms with E-state index >= 15 is 0 Å². The van der Waals surface area contributed by atoms with Gasteiger partial charge in [0.2, 0.25) is 0 Å². The number of unbranched alkanes of at least 4 members (excludes halogenated alkanes) is 2. The lowest BCUT2D eigenvalue weighted by molar-refractivity contribution is -0.118. The predicted octanol–water partition coefficient (Wildman–Crippen LogP) is 6.99. The van der Waals surface area contributed by atoms with Crippen LogP contribution in [0.4, 0.5) is 0 Å². The van der Waals surface area contributed by atoms with Crippen LogP contribution in [0.5, 0.6) is 5.75 Å². The fourth-order valence-electron chi connectivity index (χ4n) is 4.92. The third-order valence-corrected chi connectivity index (χ3v) is 7.07. The summed E-state index contributed by atoms with van der Waals surface area (Å²) in [6.07, 6.45) is 6.72. The van der Waals surface area contributed by atoms with Gasteiger partial charge in [0.05, 0.1) is 19.3 Å². The standard InChI is InChI=1S/C32H37N3O3/c1-4-25(36)13-9-6-10-14-29(30-19-24(17-18-33-30)23-11-7-5-8-12-23)34-21-31(37)32-22(2)35-28-16-15-26(38-3)20-27(28)32/h5,7-8,11-12,15-20,29,34-35H,4,6,9-10,13-14,21H2,1-3H3/t29-/m0/s1. The summed E-state index contributed by atoms with van der Waals surface area (Å²) in [7, 11) is 1.63. The second-order valence-corrected chi connectivity index (χ2v) is 9.72. The quantitative estimate of drug-likeness (QED) is 0.141. The summed E-state index contributed by atoms with van der Waals surface area (Å²) in [5.74, 6) is 1.06. The second kappa shape index (κ2) is 13.2.